The molecule has 2 aromatic rings. The summed E-state index contributed by atoms with van der Waals surface area (Å²) < 4.78 is 0. The lowest BCUT2D eigenvalue weighted by Crippen LogP contribution is -2.36. The lowest BCUT2D eigenvalue weighted by molar-refractivity contribution is 0.240. The molecule has 0 unspecified atom stereocenters. The molecule has 0 fully saturated rings. The Bertz CT molecular complexity index is 706. The van der Waals surface area contributed by atoms with Gasteiger partial charge in [0, 0.05) is 25.2 Å². The molecule has 5 nitrogen and oxygen atoms in total. The summed E-state index contributed by atoms with van der Waals surface area (Å²) in [7, 11) is 0. The van der Waals surface area contributed by atoms with E-state index in [1.807, 2.05) is 18.2 Å². The van der Waals surface area contributed by atoms with E-state index in [0.717, 1.165) is 11.3 Å². The van der Waals surface area contributed by atoms with E-state index in [4.69, 9.17) is 23.2 Å². The monoisotopic (exact) mass is 350 g/mol. The number of carbonyl (C=O) groups is 1. The lowest BCUT2D eigenvalue weighted by Gasteiger charge is -2.08. The van der Waals surface area contributed by atoms with Crippen molar-refractivity contribution in [2.75, 3.05) is 6.54 Å². The summed E-state index contributed by atoms with van der Waals surface area (Å²) in [5.74, 6) is 0.576. The molecule has 1 aromatic carbocycles. The van der Waals surface area contributed by atoms with Gasteiger partial charge in [-0.25, -0.2) is 14.8 Å². The van der Waals surface area contributed by atoms with Crippen molar-refractivity contribution in [3.8, 4) is 0 Å². The number of hydrogen-bond donors (Lipinski definition) is 2. The van der Waals surface area contributed by atoms with E-state index < -0.39 is 0 Å². The zero-order valence-corrected chi connectivity index (χ0v) is 13.9. The van der Waals surface area contributed by atoms with Crippen LogP contribution in [0.3, 0.4) is 0 Å². The summed E-state index contributed by atoms with van der Waals surface area (Å²) in [5, 5.41) is 6.48. The van der Waals surface area contributed by atoms with Crippen LogP contribution in [0.5, 0.6) is 0 Å². The summed E-state index contributed by atoms with van der Waals surface area (Å²) in [4.78, 5) is 19.8. The molecule has 2 amide bonds. The molecule has 0 spiro atoms. The zero-order chi connectivity index (χ0) is 16.7. The molecule has 0 bridgehead atoms. The van der Waals surface area contributed by atoms with Crippen LogP contribution in [0, 0.1) is 0 Å². The van der Waals surface area contributed by atoms with Crippen LogP contribution in [-0.2, 0) is 13.0 Å². The molecule has 23 heavy (non-hydrogen) atoms. The number of nitrogens with one attached hydrogen (secondary N) is 2. The summed E-state index contributed by atoms with van der Waals surface area (Å²) in [6.45, 7) is 4.28. The smallest absolute Gasteiger partial charge is 0.315 e. The average molecular weight is 351 g/mol. The van der Waals surface area contributed by atoms with Gasteiger partial charge in [-0.05, 0) is 36.5 Å². The first-order chi connectivity index (χ1) is 11.1. The molecule has 0 aliphatic heterocycles. The molecule has 1 heterocycles. The number of carbonyl (C=O) groups excluding carboxylic acids is 1. The number of amides is 2. The van der Waals surface area contributed by atoms with Crippen molar-refractivity contribution in [2.45, 2.75) is 13.0 Å². The number of aromatic nitrogens is 1. The van der Waals surface area contributed by atoms with Crippen LogP contribution >= 0.6 is 23.2 Å². The highest BCUT2D eigenvalue weighted by Gasteiger charge is 2.03. The van der Waals surface area contributed by atoms with Crippen LogP contribution < -0.4 is 10.6 Å². The molecule has 0 saturated carbocycles. The van der Waals surface area contributed by atoms with Crippen molar-refractivity contribution in [3.05, 3.63) is 57.7 Å². The van der Waals surface area contributed by atoms with Gasteiger partial charge in [-0.2, -0.15) is 0 Å². The Morgan fingerprint density at radius 2 is 2.00 bits per heavy atom. The molecule has 0 saturated heterocycles. The fraction of sp³-hybridized carbons (Fsp3) is 0.188. The number of hydrogen-bond acceptors (Lipinski definition) is 3. The Morgan fingerprint density at radius 1 is 1.17 bits per heavy atom. The van der Waals surface area contributed by atoms with Crippen molar-refractivity contribution in [1.82, 2.24) is 15.6 Å². The predicted octanol–water partition coefficient (Wildman–Crippen LogP) is 3.76. The first-order valence-electron chi connectivity index (χ1n) is 6.97. The molecule has 1 aromatic heterocycles. The van der Waals surface area contributed by atoms with Gasteiger partial charge in [0.2, 0.25) is 0 Å². The fourth-order valence-corrected chi connectivity index (χ4v) is 2.21. The van der Waals surface area contributed by atoms with Crippen molar-refractivity contribution in [1.29, 1.82) is 0 Å². The maximum absolute atomic E-state index is 11.8. The van der Waals surface area contributed by atoms with Crippen LogP contribution in [0.15, 0.2) is 41.4 Å². The number of benzene rings is 1. The third-order valence-electron chi connectivity index (χ3n) is 3.06. The molecule has 120 valence electrons. The van der Waals surface area contributed by atoms with E-state index in [1.54, 1.807) is 18.2 Å². The van der Waals surface area contributed by atoms with Gasteiger partial charge in [0.05, 0.1) is 10.0 Å². The molecule has 2 rings (SSSR count). The van der Waals surface area contributed by atoms with Crippen molar-refractivity contribution < 1.29 is 4.79 Å². The topological polar surface area (TPSA) is 66.4 Å². The van der Waals surface area contributed by atoms with Gasteiger partial charge in [0.1, 0.15) is 0 Å². The number of aliphatic imine (C=N–C) groups is 1. The highest BCUT2D eigenvalue weighted by molar-refractivity contribution is 6.42. The first-order valence-corrected chi connectivity index (χ1v) is 7.72. The van der Waals surface area contributed by atoms with Crippen molar-refractivity contribution in [3.63, 3.8) is 0 Å². The van der Waals surface area contributed by atoms with Gasteiger partial charge in [-0.15, -0.1) is 0 Å². The van der Waals surface area contributed by atoms with E-state index >= 15 is 0 Å². The number of nitrogens with zero attached hydrogens (tertiary/aromatic N) is 2. The Morgan fingerprint density at radius 3 is 2.74 bits per heavy atom. The number of pyridine rings is 1. The minimum atomic E-state index is -0.255. The first kappa shape index (κ1) is 17.2. The van der Waals surface area contributed by atoms with E-state index in [1.165, 1.54) is 0 Å². The number of rotatable bonds is 6. The fourth-order valence-electron chi connectivity index (χ4n) is 1.89. The zero-order valence-electron chi connectivity index (χ0n) is 12.4. The Hall–Kier alpha value is -2.11. The summed E-state index contributed by atoms with van der Waals surface area (Å²) in [6, 6.07) is 10.5. The van der Waals surface area contributed by atoms with Crippen molar-refractivity contribution in [2.24, 2.45) is 4.99 Å². The van der Waals surface area contributed by atoms with Crippen LogP contribution in [0.25, 0.3) is 0 Å². The van der Waals surface area contributed by atoms with Crippen LogP contribution in [-0.4, -0.2) is 24.3 Å². The second-order valence-corrected chi connectivity index (χ2v) is 5.57. The maximum atomic E-state index is 11.8. The van der Waals surface area contributed by atoms with E-state index in [0.29, 0.717) is 35.4 Å². The Kier molecular flexibility index (Phi) is 6.38. The minimum Gasteiger partial charge on any atom is -0.338 e. The molecule has 0 aliphatic rings. The standard InChI is InChI=1S/C16H16Cl2N4O/c1-19-15-4-2-3-12(22-15)7-8-20-16(23)21-10-11-5-6-13(17)14(18)9-11/h2-6,9H,1,7-8,10H2,(H2,20,21,23). The van der Waals surface area contributed by atoms with Gasteiger partial charge in [-0.3, -0.25) is 0 Å². The van der Waals surface area contributed by atoms with Crippen LogP contribution in [0.1, 0.15) is 11.3 Å². The molecular weight excluding hydrogens is 335 g/mol. The summed E-state index contributed by atoms with van der Waals surface area (Å²) >= 11 is 11.8. The molecular formula is C16H16Cl2N4O. The van der Waals surface area contributed by atoms with E-state index in [9.17, 15) is 4.79 Å². The SMILES string of the molecule is C=Nc1cccc(CCNC(=O)NCc2ccc(Cl)c(Cl)c2)n1. The maximum Gasteiger partial charge on any atom is 0.315 e. The number of halogens is 2. The molecule has 2 N–H and O–H groups in total. The highest BCUT2D eigenvalue weighted by atomic mass is 35.5. The quantitative estimate of drug-likeness (QED) is 0.778. The third-order valence-corrected chi connectivity index (χ3v) is 3.80. The van der Waals surface area contributed by atoms with Crippen LogP contribution in [0.4, 0.5) is 10.6 Å². The third kappa shape index (κ3) is 5.54. The van der Waals surface area contributed by atoms with Gasteiger partial charge >= 0.3 is 6.03 Å². The Labute approximate surface area is 144 Å². The predicted molar refractivity (Wildman–Crippen MR) is 93.9 cm³/mol. The largest absolute Gasteiger partial charge is 0.338 e. The van der Waals surface area contributed by atoms with Crippen LogP contribution in [0.2, 0.25) is 10.0 Å². The molecule has 0 atom stereocenters. The second kappa shape index (κ2) is 8.50. The summed E-state index contributed by atoms with van der Waals surface area (Å²) in [5.41, 5.74) is 1.72. The second-order valence-electron chi connectivity index (χ2n) is 4.75. The molecule has 0 aliphatic carbocycles. The molecule has 7 heteroatoms. The normalized spacial score (nSPS) is 10.2. The number of urea groups is 1. The van der Waals surface area contributed by atoms with Gasteiger partial charge < -0.3 is 10.6 Å². The van der Waals surface area contributed by atoms with Gasteiger partial charge in [-0.1, -0.05) is 35.3 Å². The van der Waals surface area contributed by atoms with Gasteiger partial charge in [0.15, 0.2) is 5.82 Å². The highest BCUT2D eigenvalue weighted by Crippen LogP contribution is 2.22. The Balaban J connectivity index is 1.74. The van der Waals surface area contributed by atoms with Gasteiger partial charge in [0.25, 0.3) is 0 Å². The minimum absolute atomic E-state index is 0.255. The van der Waals surface area contributed by atoms with E-state index in [-0.39, 0.29) is 6.03 Å². The van der Waals surface area contributed by atoms with E-state index in [2.05, 4.69) is 27.3 Å². The van der Waals surface area contributed by atoms with Crippen molar-refractivity contribution >= 4 is 41.8 Å². The average Bonchev–Trinajstić information content (AvgIpc) is 2.56. The lowest BCUT2D eigenvalue weighted by atomic mass is 10.2. The molecule has 0 radical (unpaired) electrons. The summed E-state index contributed by atoms with van der Waals surface area (Å²) in [6.07, 6.45) is 0.615.